The maximum atomic E-state index is 10.8. The van der Waals surface area contributed by atoms with Gasteiger partial charge in [0.1, 0.15) is 0 Å². The minimum atomic E-state index is -0.866. The van der Waals surface area contributed by atoms with Gasteiger partial charge in [-0.2, -0.15) is 0 Å². The Morgan fingerprint density at radius 3 is 2.83 bits per heavy atom. The number of imidazole rings is 1. The first-order chi connectivity index (χ1) is 8.54. The summed E-state index contributed by atoms with van der Waals surface area (Å²) < 4.78 is 1.95. The first kappa shape index (κ1) is 14.6. The molecule has 6 nitrogen and oxygen atoms in total. The van der Waals surface area contributed by atoms with E-state index in [2.05, 4.69) is 10.3 Å². The summed E-state index contributed by atoms with van der Waals surface area (Å²) in [6.45, 7) is 4.59. The highest BCUT2D eigenvalue weighted by Crippen LogP contribution is 2.18. The Morgan fingerprint density at radius 1 is 1.56 bits per heavy atom. The van der Waals surface area contributed by atoms with Gasteiger partial charge in [-0.25, -0.2) is 4.98 Å². The molecule has 100 valence electrons. The van der Waals surface area contributed by atoms with Crippen molar-refractivity contribution in [2.45, 2.75) is 32.0 Å². The second-order valence-corrected chi connectivity index (χ2v) is 4.65. The van der Waals surface area contributed by atoms with Crippen LogP contribution >= 0.6 is 11.8 Å². The standard InChI is InChI=1S/C11H17N3O3S/c1-3-9-6-13-11(18-7-10(16)17)14(9)5-4-12-8(2)15/h6H,3-5,7H2,1-2H3,(H,12,15)(H,16,17). The molecule has 0 spiro atoms. The van der Waals surface area contributed by atoms with Crippen LogP contribution in [0.25, 0.3) is 0 Å². The van der Waals surface area contributed by atoms with E-state index in [-0.39, 0.29) is 11.7 Å². The van der Waals surface area contributed by atoms with Crippen molar-refractivity contribution in [3.05, 3.63) is 11.9 Å². The highest BCUT2D eigenvalue weighted by molar-refractivity contribution is 7.99. The Kier molecular flexibility index (Phi) is 5.70. The molecular formula is C11H17N3O3S. The molecule has 0 fully saturated rings. The zero-order valence-corrected chi connectivity index (χ0v) is 11.3. The summed E-state index contributed by atoms with van der Waals surface area (Å²) in [6, 6.07) is 0. The van der Waals surface area contributed by atoms with Crippen molar-refractivity contribution in [2.75, 3.05) is 12.3 Å². The highest BCUT2D eigenvalue weighted by Gasteiger charge is 2.10. The molecule has 2 N–H and O–H groups in total. The first-order valence-corrected chi connectivity index (χ1v) is 6.66. The van der Waals surface area contributed by atoms with Crippen molar-refractivity contribution in [3.8, 4) is 0 Å². The molecule has 1 aromatic heterocycles. The maximum Gasteiger partial charge on any atom is 0.313 e. The van der Waals surface area contributed by atoms with Crippen LogP contribution in [0, 0.1) is 0 Å². The number of hydrogen-bond donors (Lipinski definition) is 2. The van der Waals surface area contributed by atoms with Gasteiger partial charge in [0.15, 0.2) is 5.16 Å². The van der Waals surface area contributed by atoms with Crippen LogP contribution in [0.3, 0.4) is 0 Å². The Labute approximate surface area is 110 Å². The van der Waals surface area contributed by atoms with E-state index in [0.717, 1.165) is 12.1 Å². The molecule has 1 amide bonds. The molecule has 1 rings (SSSR count). The van der Waals surface area contributed by atoms with E-state index in [1.165, 1.54) is 18.7 Å². The molecular weight excluding hydrogens is 254 g/mol. The van der Waals surface area contributed by atoms with Crippen molar-refractivity contribution in [1.29, 1.82) is 0 Å². The Morgan fingerprint density at radius 2 is 2.28 bits per heavy atom. The number of thioether (sulfide) groups is 1. The van der Waals surface area contributed by atoms with Crippen LogP contribution in [0.1, 0.15) is 19.5 Å². The van der Waals surface area contributed by atoms with E-state index in [1.807, 2.05) is 11.5 Å². The van der Waals surface area contributed by atoms with E-state index >= 15 is 0 Å². The number of carboxylic acid groups (broad SMARTS) is 1. The maximum absolute atomic E-state index is 10.8. The zero-order valence-electron chi connectivity index (χ0n) is 10.5. The molecule has 1 aromatic rings. The van der Waals surface area contributed by atoms with Crippen molar-refractivity contribution < 1.29 is 14.7 Å². The summed E-state index contributed by atoms with van der Waals surface area (Å²) >= 11 is 1.19. The number of hydrogen-bond acceptors (Lipinski definition) is 4. The molecule has 1 heterocycles. The van der Waals surface area contributed by atoms with Gasteiger partial charge in [-0.05, 0) is 6.42 Å². The molecule has 7 heteroatoms. The van der Waals surface area contributed by atoms with Gasteiger partial charge in [-0.1, -0.05) is 18.7 Å². The largest absolute Gasteiger partial charge is 0.481 e. The molecule has 0 saturated carbocycles. The number of rotatable bonds is 7. The lowest BCUT2D eigenvalue weighted by Crippen LogP contribution is -2.25. The van der Waals surface area contributed by atoms with Gasteiger partial charge in [-0.3, -0.25) is 9.59 Å². The van der Waals surface area contributed by atoms with E-state index in [9.17, 15) is 9.59 Å². The number of aliphatic carboxylic acids is 1. The average Bonchev–Trinajstić information content (AvgIpc) is 2.68. The molecule has 0 radical (unpaired) electrons. The van der Waals surface area contributed by atoms with Crippen LogP contribution in [-0.2, 0) is 22.6 Å². The summed E-state index contributed by atoms with van der Waals surface area (Å²) in [7, 11) is 0. The predicted octanol–water partition coefficient (Wildman–Crippen LogP) is 0.758. The fraction of sp³-hybridized carbons (Fsp3) is 0.545. The van der Waals surface area contributed by atoms with Crippen molar-refractivity contribution in [1.82, 2.24) is 14.9 Å². The first-order valence-electron chi connectivity index (χ1n) is 5.68. The van der Waals surface area contributed by atoms with Crippen LogP contribution in [0.15, 0.2) is 11.4 Å². The lowest BCUT2D eigenvalue weighted by Gasteiger charge is -2.10. The summed E-state index contributed by atoms with van der Waals surface area (Å²) in [4.78, 5) is 25.6. The fourth-order valence-electron chi connectivity index (χ4n) is 1.50. The number of nitrogens with zero attached hydrogens (tertiary/aromatic N) is 2. The minimum absolute atomic E-state index is 0.0136. The molecule has 0 aromatic carbocycles. The molecule has 0 aliphatic heterocycles. The molecule has 0 saturated heterocycles. The fourth-order valence-corrected chi connectivity index (χ4v) is 2.24. The van der Waals surface area contributed by atoms with E-state index < -0.39 is 5.97 Å². The summed E-state index contributed by atoms with van der Waals surface area (Å²) in [5, 5.41) is 12.1. The van der Waals surface area contributed by atoms with Crippen LogP contribution < -0.4 is 5.32 Å². The second kappa shape index (κ2) is 7.05. The monoisotopic (exact) mass is 271 g/mol. The van der Waals surface area contributed by atoms with Crippen LogP contribution in [0.2, 0.25) is 0 Å². The Hall–Kier alpha value is -1.50. The van der Waals surface area contributed by atoms with Gasteiger partial charge >= 0.3 is 5.97 Å². The quantitative estimate of drug-likeness (QED) is 0.715. The van der Waals surface area contributed by atoms with Crippen molar-refractivity contribution >= 4 is 23.6 Å². The van der Waals surface area contributed by atoms with Crippen LogP contribution in [0.5, 0.6) is 0 Å². The third-order valence-corrected chi connectivity index (χ3v) is 3.27. The third-order valence-electron chi connectivity index (χ3n) is 2.30. The van der Waals surface area contributed by atoms with Gasteiger partial charge in [0.05, 0.1) is 5.75 Å². The smallest absolute Gasteiger partial charge is 0.313 e. The molecule has 0 unspecified atom stereocenters. The van der Waals surface area contributed by atoms with E-state index in [0.29, 0.717) is 18.2 Å². The number of carboxylic acids is 1. The van der Waals surface area contributed by atoms with E-state index in [1.54, 1.807) is 6.20 Å². The lowest BCUT2D eigenvalue weighted by molar-refractivity contribution is -0.133. The van der Waals surface area contributed by atoms with Crippen molar-refractivity contribution in [3.63, 3.8) is 0 Å². The molecule has 0 atom stereocenters. The molecule has 0 bridgehead atoms. The second-order valence-electron chi connectivity index (χ2n) is 3.70. The number of aryl methyl sites for hydroxylation is 1. The highest BCUT2D eigenvalue weighted by atomic mass is 32.2. The minimum Gasteiger partial charge on any atom is -0.481 e. The average molecular weight is 271 g/mol. The van der Waals surface area contributed by atoms with Crippen molar-refractivity contribution in [2.24, 2.45) is 0 Å². The van der Waals surface area contributed by atoms with Gasteiger partial charge < -0.3 is 15.0 Å². The SMILES string of the molecule is CCc1cnc(SCC(=O)O)n1CCNC(C)=O. The van der Waals surface area contributed by atoms with E-state index in [4.69, 9.17) is 5.11 Å². The molecule has 0 aliphatic rings. The van der Waals surface area contributed by atoms with Crippen LogP contribution in [0.4, 0.5) is 0 Å². The van der Waals surface area contributed by atoms with Gasteiger partial charge in [0.2, 0.25) is 5.91 Å². The predicted molar refractivity (Wildman–Crippen MR) is 68.6 cm³/mol. The third kappa shape index (κ3) is 4.40. The van der Waals surface area contributed by atoms with Crippen LogP contribution in [-0.4, -0.2) is 38.8 Å². The van der Waals surface area contributed by atoms with Gasteiger partial charge in [-0.15, -0.1) is 0 Å². The number of nitrogens with one attached hydrogen (secondary N) is 1. The molecule has 0 aliphatic carbocycles. The number of carbonyl (C=O) groups is 2. The molecule has 18 heavy (non-hydrogen) atoms. The lowest BCUT2D eigenvalue weighted by atomic mass is 10.3. The summed E-state index contributed by atoms with van der Waals surface area (Å²) in [6.07, 6.45) is 2.57. The van der Waals surface area contributed by atoms with Gasteiger partial charge in [0.25, 0.3) is 0 Å². The Balaban J connectivity index is 2.68. The zero-order chi connectivity index (χ0) is 13.5. The topological polar surface area (TPSA) is 84.2 Å². The summed E-state index contributed by atoms with van der Waals surface area (Å²) in [5.41, 5.74) is 1.04. The summed E-state index contributed by atoms with van der Waals surface area (Å²) in [5.74, 6) is -0.956. The number of amides is 1. The number of carbonyl (C=O) groups excluding carboxylic acids is 1. The van der Waals surface area contributed by atoms with Gasteiger partial charge in [0, 0.05) is 31.9 Å². The normalized spacial score (nSPS) is 10.3. The number of aromatic nitrogens is 2. The Bertz CT molecular complexity index is 431.